The smallest absolute Gasteiger partial charge is 0.161 e. The molecule has 0 fully saturated rings. The fourth-order valence-corrected chi connectivity index (χ4v) is 1.26. The van der Waals surface area contributed by atoms with Crippen LogP contribution >= 0.6 is 0 Å². The highest BCUT2D eigenvalue weighted by Gasteiger charge is 2.05. The number of benzene rings is 1. The summed E-state index contributed by atoms with van der Waals surface area (Å²) in [6.07, 6.45) is 1.89. The van der Waals surface area contributed by atoms with E-state index in [4.69, 9.17) is 5.73 Å². The Morgan fingerprint density at radius 1 is 1.38 bits per heavy atom. The second-order valence-electron chi connectivity index (χ2n) is 3.16. The van der Waals surface area contributed by atoms with E-state index >= 15 is 0 Å². The molecule has 1 aromatic carbocycles. The molecule has 80 valence electrons. The van der Waals surface area contributed by atoms with Crippen molar-refractivity contribution >= 4 is 12.1 Å². The highest BCUT2D eigenvalue weighted by molar-refractivity contribution is 5.81. The predicted octanol–water partition coefficient (Wildman–Crippen LogP) is 1.68. The Morgan fingerprint density at radius 2 is 2.19 bits per heavy atom. The van der Waals surface area contributed by atoms with E-state index in [1.807, 2.05) is 0 Å². The lowest BCUT2D eigenvalue weighted by atomic mass is 10.2. The van der Waals surface area contributed by atoms with Gasteiger partial charge in [0.15, 0.2) is 12.1 Å². The monoisotopic (exact) mass is 217 g/mol. The van der Waals surface area contributed by atoms with Crippen molar-refractivity contribution in [3.05, 3.63) is 41.8 Å². The number of halogens is 1. The van der Waals surface area contributed by atoms with Crippen LogP contribution in [0, 0.1) is 5.82 Å². The summed E-state index contributed by atoms with van der Waals surface area (Å²) in [7, 11) is 0. The number of hydrogen-bond donors (Lipinski definition) is 1. The molecule has 0 spiro atoms. The minimum Gasteiger partial charge on any atom is -0.383 e. The predicted molar refractivity (Wildman–Crippen MR) is 57.2 cm³/mol. The van der Waals surface area contributed by atoms with E-state index in [9.17, 15) is 9.18 Å². The molecule has 0 radical (unpaired) electrons. The van der Waals surface area contributed by atoms with Gasteiger partial charge in [-0.25, -0.2) is 14.4 Å². The van der Waals surface area contributed by atoms with Crippen molar-refractivity contribution in [3.8, 4) is 11.4 Å². The number of carbonyl (C=O) groups is 1. The van der Waals surface area contributed by atoms with Crippen LogP contribution in [0.25, 0.3) is 11.4 Å². The summed E-state index contributed by atoms with van der Waals surface area (Å²) in [6, 6.07) is 5.85. The lowest BCUT2D eigenvalue weighted by molar-refractivity contribution is 0.112. The molecule has 5 heteroatoms. The summed E-state index contributed by atoms with van der Waals surface area (Å²) < 4.78 is 13.0. The molecule has 0 aliphatic rings. The molecular weight excluding hydrogens is 209 g/mol. The third-order valence-corrected chi connectivity index (χ3v) is 2.06. The zero-order valence-electron chi connectivity index (χ0n) is 8.22. The largest absolute Gasteiger partial charge is 0.383 e. The maximum absolute atomic E-state index is 13.0. The van der Waals surface area contributed by atoms with Gasteiger partial charge in [0.2, 0.25) is 0 Å². The van der Waals surface area contributed by atoms with E-state index in [1.54, 1.807) is 12.1 Å². The highest BCUT2D eigenvalue weighted by Crippen LogP contribution is 2.17. The van der Waals surface area contributed by atoms with Gasteiger partial charge in [-0.2, -0.15) is 0 Å². The fourth-order valence-electron chi connectivity index (χ4n) is 1.26. The molecule has 0 aliphatic heterocycles. The number of nitrogens with zero attached hydrogens (tertiary/aromatic N) is 2. The second kappa shape index (κ2) is 4.06. The van der Waals surface area contributed by atoms with Gasteiger partial charge in [-0.15, -0.1) is 0 Å². The third kappa shape index (κ3) is 1.88. The first kappa shape index (κ1) is 10.2. The number of carbonyl (C=O) groups excluding carboxylic acids is 1. The topological polar surface area (TPSA) is 68.9 Å². The molecule has 4 nitrogen and oxygen atoms in total. The number of aldehydes is 1. The minimum absolute atomic E-state index is 0.0873. The van der Waals surface area contributed by atoms with Gasteiger partial charge in [-0.05, 0) is 12.1 Å². The van der Waals surface area contributed by atoms with Gasteiger partial charge in [0, 0.05) is 11.8 Å². The van der Waals surface area contributed by atoms with E-state index < -0.39 is 0 Å². The Bertz CT molecular complexity index is 543. The second-order valence-corrected chi connectivity index (χ2v) is 3.16. The summed E-state index contributed by atoms with van der Waals surface area (Å²) in [4.78, 5) is 18.4. The van der Waals surface area contributed by atoms with Crippen LogP contribution in [-0.2, 0) is 0 Å². The Hall–Kier alpha value is -2.30. The van der Waals surface area contributed by atoms with E-state index in [-0.39, 0.29) is 17.2 Å². The molecule has 0 bridgehead atoms. The first-order valence-electron chi connectivity index (χ1n) is 4.54. The van der Waals surface area contributed by atoms with Crippen LogP contribution in [0.1, 0.15) is 10.4 Å². The summed E-state index contributed by atoms with van der Waals surface area (Å²) in [5.74, 6) is 0.00555. The molecule has 0 saturated heterocycles. The maximum Gasteiger partial charge on any atom is 0.161 e. The first-order valence-corrected chi connectivity index (χ1v) is 4.54. The van der Waals surface area contributed by atoms with Crippen LogP contribution < -0.4 is 5.73 Å². The molecule has 2 aromatic rings. The van der Waals surface area contributed by atoms with Crippen molar-refractivity contribution in [2.24, 2.45) is 0 Å². The number of nitrogen functional groups attached to an aromatic ring is 1. The fraction of sp³-hybridized carbons (Fsp3) is 0. The standard InChI is InChI=1S/C11H8FN3O/c12-9-3-1-2-7(4-9)11-14-5-8(6-16)10(13)15-11/h1-6H,(H2,13,14,15). The van der Waals surface area contributed by atoms with Crippen molar-refractivity contribution in [2.45, 2.75) is 0 Å². The van der Waals surface area contributed by atoms with Gasteiger partial charge in [-0.1, -0.05) is 12.1 Å². The average molecular weight is 217 g/mol. The summed E-state index contributed by atoms with van der Waals surface area (Å²) in [6.45, 7) is 0. The van der Waals surface area contributed by atoms with Gasteiger partial charge in [0.05, 0.1) is 5.56 Å². The van der Waals surface area contributed by atoms with Crippen molar-refractivity contribution < 1.29 is 9.18 Å². The number of nitrogens with two attached hydrogens (primary N) is 1. The minimum atomic E-state index is -0.376. The van der Waals surface area contributed by atoms with Crippen LogP contribution in [0.2, 0.25) is 0 Å². The van der Waals surface area contributed by atoms with Crippen LogP contribution in [-0.4, -0.2) is 16.3 Å². The van der Waals surface area contributed by atoms with E-state index in [0.717, 1.165) is 0 Å². The quantitative estimate of drug-likeness (QED) is 0.777. The normalized spacial score (nSPS) is 10.1. The van der Waals surface area contributed by atoms with E-state index in [2.05, 4.69) is 9.97 Å². The summed E-state index contributed by atoms with van der Waals surface area (Å²) in [5.41, 5.74) is 6.27. The van der Waals surface area contributed by atoms with Crippen LogP contribution in [0.3, 0.4) is 0 Å². The van der Waals surface area contributed by atoms with Crippen LogP contribution in [0.15, 0.2) is 30.5 Å². The summed E-state index contributed by atoms with van der Waals surface area (Å²) in [5, 5.41) is 0. The first-order chi connectivity index (χ1) is 7.70. The zero-order valence-corrected chi connectivity index (χ0v) is 8.22. The lowest BCUT2D eigenvalue weighted by Crippen LogP contribution is -2.00. The Balaban J connectivity index is 2.49. The van der Waals surface area contributed by atoms with Gasteiger partial charge >= 0.3 is 0 Å². The molecular formula is C11H8FN3O. The van der Waals surface area contributed by atoms with Crippen molar-refractivity contribution in [1.82, 2.24) is 9.97 Å². The molecule has 0 aliphatic carbocycles. The molecule has 16 heavy (non-hydrogen) atoms. The lowest BCUT2D eigenvalue weighted by Gasteiger charge is -2.02. The summed E-state index contributed by atoms with van der Waals surface area (Å²) >= 11 is 0. The molecule has 1 heterocycles. The molecule has 0 saturated carbocycles. The van der Waals surface area contributed by atoms with Gasteiger partial charge in [0.25, 0.3) is 0 Å². The molecule has 0 atom stereocenters. The Morgan fingerprint density at radius 3 is 2.81 bits per heavy atom. The number of anilines is 1. The van der Waals surface area contributed by atoms with Crippen LogP contribution in [0.4, 0.5) is 10.2 Å². The van der Waals surface area contributed by atoms with Crippen molar-refractivity contribution in [3.63, 3.8) is 0 Å². The number of hydrogen-bond acceptors (Lipinski definition) is 4. The van der Waals surface area contributed by atoms with E-state index in [0.29, 0.717) is 17.7 Å². The van der Waals surface area contributed by atoms with Crippen LogP contribution in [0.5, 0.6) is 0 Å². The van der Waals surface area contributed by atoms with Gasteiger partial charge in [0.1, 0.15) is 11.6 Å². The van der Waals surface area contributed by atoms with Gasteiger partial charge in [-0.3, -0.25) is 4.79 Å². The van der Waals surface area contributed by atoms with E-state index in [1.165, 1.54) is 18.3 Å². The molecule has 2 rings (SSSR count). The third-order valence-electron chi connectivity index (χ3n) is 2.06. The Labute approximate surface area is 91.0 Å². The maximum atomic E-state index is 13.0. The van der Waals surface area contributed by atoms with Gasteiger partial charge < -0.3 is 5.73 Å². The zero-order chi connectivity index (χ0) is 11.5. The number of aromatic nitrogens is 2. The SMILES string of the molecule is Nc1nc(-c2cccc(F)c2)ncc1C=O. The molecule has 0 unspecified atom stereocenters. The average Bonchev–Trinajstić information content (AvgIpc) is 2.29. The van der Waals surface area contributed by atoms with Crippen molar-refractivity contribution in [2.75, 3.05) is 5.73 Å². The number of rotatable bonds is 2. The molecule has 0 amide bonds. The van der Waals surface area contributed by atoms with Crippen molar-refractivity contribution in [1.29, 1.82) is 0 Å². The Kier molecular flexibility index (Phi) is 2.59. The highest BCUT2D eigenvalue weighted by atomic mass is 19.1. The molecule has 2 N–H and O–H groups in total. The molecule has 1 aromatic heterocycles.